The molecule has 19 heavy (non-hydrogen) atoms. The highest BCUT2D eigenvalue weighted by molar-refractivity contribution is 6.16. The summed E-state index contributed by atoms with van der Waals surface area (Å²) in [4.78, 5) is 9.28. The molecule has 0 aromatic carbocycles. The van der Waals surface area contributed by atoms with Crippen molar-refractivity contribution in [3.8, 4) is 0 Å². The van der Waals surface area contributed by atoms with Crippen LogP contribution in [-0.4, -0.2) is 16.6 Å². The minimum absolute atomic E-state index is 0.294. The van der Waals surface area contributed by atoms with Crippen molar-refractivity contribution in [2.24, 2.45) is 0 Å². The Kier molecular flexibility index (Phi) is 5.17. The number of halogens is 1. The fraction of sp³-hybridized carbons (Fsp3) is 0.733. The molecule has 1 saturated carbocycles. The molecule has 1 aromatic heterocycles. The standard InChI is InChI=1S/C15H23ClN2O/c1-3-19-15(8-6-4-5-7-9-15)14-17-12(2)10-13(11-16)18-14/h10H,3-9,11H2,1-2H3. The van der Waals surface area contributed by atoms with Crippen LogP contribution >= 0.6 is 11.6 Å². The molecule has 0 bridgehead atoms. The van der Waals surface area contributed by atoms with Gasteiger partial charge in [-0.05, 0) is 32.8 Å². The van der Waals surface area contributed by atoms with Crippen LogP contribution < -0.4 is 0 Å². The maximum atomic E-state index is 6.12. The van der Waals surface area contributed by atoms with Crippen LogP contribution in [-0.2, 0) is 16.2 Å². The fourth-order valence-corrected chi connectivity index (χ4v) is 3.05. The molecule has 4 heteroatoms. The molecule has 1 fully saturated rings. The van der Waals surface area contributed by atoms with Crippen LogP contribution in [0.3, 0.4) is 0 Å². The van der Waals surface area contributed by atoms with Gasteiger partial charge in [0.15, 0.2) is 5.82 Å². The summed E-state index contributed by atoms with van der Waals surface area (Å²) < 4.78 is 6.12. The van der Waals surface area contributed by atoms with Gasteiger partial charge in [0.1, 0.15) is 5.60 Å². The molecule has 1 aliphatic carbocycles. The average molecular weight is 283 g/mol. The van der Waals surface area contributed by atoms with E-state index in [1.54, 1.807) is 0 Å². The van der Waals surface area contributed by atoms with Crippen LogP contribution in [0.5, 0.6) is 0 Å². The van der Waals surface area contributed by atoms with Gasteiger partial charge in [0.05, 0.1) is 11.6 Å². The Labute approximate surface area is 120 Å². The van der Waals surface area contributed by atoms with Gasteiger partial charge in [0, 0.05) is 12.3 Å². The Morgan fingerprint density at radius 2 is 1.89 bits per heavy atom. The Morgan fingerprint density at radius 3 is 2.47 bits per heavy atom. The maximum Gasteiger partial charge on any atom is 0.160 e. The predicted octanol–water partition coefficient (Wildman–Crippen LogP) is 4.11. The second-order valence-electron chi connectivity index (χ2n) is 5.30. The summed E-state index contributed by atoms with van der Waals surface area (Å²) >= 11 is 5.93. The van der Waals surface area contributed by atoms with E-state index in [0.717, 1.165) is 30.1 Å². The lowest BCUT2D eigenvalue weighted by Gasteiger charge is -2.31. The average Bonchev–Trinajstić information content (AvgIpc) is 2.65. The smallest absolute Gasteiger partial charge is 0.160 e. The second kappa shape index (κ2) is 6.67. The van der Waals surface area contributed by atoms with Gasteiger partial charge in [0.2, 0.25) is 0 Å². The van der Waals surface area contributed by atoms with Gasteiger partial charge in [-0.15, -0.1) is 11.6 Å². The third-order valence-electron chi connectivity index (χ3n) is 3.78. The molecule has 0 aliphatic heterocycles. The third kappa shape index (κ3) is 3.46. The van der Waals surface area contributed by atoms with Gasteiger partial charge >= 0.3 is 0 Å². The zero-order chi connectivity index (χ0) is 13.7. The molecule has 0 spiro atoms. The molecule has 0 N–H and O–H groups in total. The van der Waals surface area contributed by atoms with E-state index in [0.29, 0.717) is 12.5 Å². The molecule has 1 aliphatic rings. The number of hydrogen-bond acceptors (Lipinski definition) is 3. The monoisotopic (exact) mass is 282 g/mol. The number of aromatic nitrogens is 2. The summed E-state index contributed by atoms with van der Waals surface area (Å²) in [6.45, 7) is 4.75. The van der Waals surface area contributed by atoms with Crippen molar-refractivity contribution in [3.05, 3.63) is 23.3 Å². The van der Waals surface area contributed by atoms with Crippen molar-refractivity contribution in [1.29, 1.82) is 0 Å². The van der Waals surface area contributed by atoms with Gasteiger partial charge in [-0.1, -0.05) is 25.7 Å². The van der Waals surface area contributed by atoms with E-state index in [1.165, 1.54) is 25.7 Å². The first-order chi connectivity index (χ1) is 9.20. The largest absolute Gasteiger partial charge is 0.367 e. The van der Waals surface area contributed by atoms with E-state index in [-0.39, 0.29) is 5.60 Å². The van der Waals surface area contributed by atoms with E-state index < -0.39 is 0 Å². The lowest BCUT2D eigenvalue weighted by Crippen LogP contribution is -2.32. The van der Waals surface area contributed by atoms with Crippen molar-refractivity contribution in [3.63, 3.8) is 0 Å². The Hall–Kier alpha value is -0.670. The van der Waals surface area contributed by atoms with Crippen LogP contribution in [0.1, 0.15) is 62.7 Å². The summed E-state index contributed by atoms with van der Waals surface area (Å²) in [7, 11) is 0. The molecule has 2 rings (SSSR count). The summed E-state index contributed by atoms with van der Waals surface area (Å²) in [6.07, 6.45) is 6.98. The number of ether oxygens (including phenoxy) is 1. The van der Waals surface area contributed by atoms with Crippen molar-refractivity contribution in [1.82, 2.24) is 9.97 Å². The summed E-state index contributed by atoms with van der Waals surface area (Å²) in [6, 6.07) is 1.95. The summed E-state index contributed by atoms with van der Waals surface area (Å²) in [5.41, 5.74) is 1.58. The van der Waals surface area contributed by atoms with Gasteiger partial charge in [0.25, 0.3) is 0 Å². The number of alkyl halides is 1. The Bertz CT molecular complexity index is 415. The molecule has 0 radical (unpaired) electrons. The van der Waals surface area contributed by atoms with Crippen molar-refractivity contribution in [2.45, 2.75) is 63.9 Å². The normalized spacial score (nSPS) is 19.1. The fourth-order valence-electron chi connectivity index (χ4n) is 2.91. The molecule has 0 saturated heterocycles. The molecule has 0 unspecified atom stereocenters. The van der Waals surface area contributed by atoms with E-state index in [4.69, 9.17) is 16.3 Å². The summed E-state index contributed by atoms with van der Waals surface area (Å²) in [5.74, 6) is 1.27. The van der Waals surface area contributed by atoms with Gasteiger partial charge in [-0.2, -0.15) is 0 Å². The van der Waals surface area contributed by atoms with Crippen LogP contribution in [0.15, 0.2) is 6.07 Å². The van der Waals surface area contributed by atoms with E-state index in [1.807, 2.05) is 19.9 Å². The second-order valence-corrected chi connectivity index (χ2v) is 5.57. The number of rotatable bonds is 4. The van der Waals surface area contributed by atoms with Crippen molar-refractivity contribution < 1.29 is 4.74 Å². The minimum Gasteiger partial charge on any atom is -0.367 e. The van der Waals surface area contributed by atoms with Gasteiger partial charge in [-0.25, -0.2) is 9.97 Å². The van der Waals surface area contributed by atoms with Gasteiger partial charge < -0.3 is 4.74 Å². The van der Waals surface area contributed by atoms with Crippen LogP contribution in [0.25, 0.3) is 0 Å². The Balaban J connectivity index is 2.39. The lowest BCUT2D eigenvalue weighted by atomic mass is 9.92. The number of aryl methyl sites for hydroxylation is 1. The first-order valence-corrected chi connectivity index (χ1v) is 7.78. The first-order valence-electron chi connectivity index (χ1n) is 7.25. The lowest BCUT2D eigenvalue weighted by molar-refractivity contribution is -0.0626. The van der Waals surface area contributed by atoms with Gasteiger partial charge in [-0.3, -0.25) is 0 Å². The molecular weight excluding hydrogens is 260 g/mol. The molecule has 1 aromatic rings. The number of nitrogens with zero attached hydrogens (tertiary/aromatic N) is 2. The number of hydrogen-bond donors (Lipinski definition) is 0. The quantitative estimate of drug-likeness (QED) is 0.616. The molecular formula is C15H23ClN2O. The van der Waals surface area contributed by atoms with Crippen LogP contribution in [0, 0.1) is 6.92 Å². The molecule has 106 valence electrons. The highest BCUT2D eigenvalue weighted by Gasteiger charge is 2.36. The van der Waals surface area contributed by atoms with E-state index in [9.17, 15) is 0 Å². The van der Waals surface area contributed by atoms with Crippen LogP contribution in [0.2, 0.25) is 0 Å². The SMILES string of the molecule is CCOC1(c2nc(C)cc(CCl)n2)CCCCCC1. The zero-order valence-corrected chi connectivity index (χ0v) is 12.7. The Morgan fingerprint density at radius 1 is 1.21 bits per heavy atom. The highest BCUT2D eigenvalue weighted by atomic mass is 35.5. The topological polar surface area (TPSA) is 35.0 Å². The molecule has 3 nitrogen and oxygen atoms in total. The predicted molar refractivity (Wildman–Crippen MR) is 77.3 cm³/mol. The first kappa shape index (κ1) is 14.7. The minimum atomic E-state index is -0.294. The molecule has 0 amide bonds. The van der Waals surface area contributed by atoms with Crippen molar-refractivity contribution in [2.75, 3.05) is 6.61 Å². The third-order valence-corrected chi connectivity index (χ3v) is 4.06. The zero-order valence-electron chi connectivity index (χ0n) is 11.9. The summed E-state index contributed by atoms with van der Waals surface area (Å²) in [5, 5.41) is 0. The van der Waals surface area contributed by atoms with Crippen molar-refractivity contribution >= 4 is 11.6 Å². The van der Waals surface area contributed by atoms with Crippen LogP contribution in [0.4, 0.5) is 0 Å². The maximum absolute atomic E-state index is 6.12. The van der Waals surface area contributed by atoms with E-state index in [2.05, 4.69) is 9.97 Å². The van der Waals surface area contributed by atoms with E-state index >= 15 is 0 Å². The highest BCUT2D eigenvalue weighted by Crippen LogP contribution is 2.38. The molecule has 1 heterocycles. The molecule has 0 atom stereocenters.